The standard InChI is InChI=1S/C15H22N2O/c1-10-7-11(2)9-17(8-10)15(18)13-5-4-6-14(16)12(13)3/h4-6,10-11H,7-9,16H2,1-3H3/t10-,11+. The Morgan fingerprint density at radius 1 is 1.28 bits per heavy atom. The molecule has 98 valence electrons. The lowest BCUT2D eigenvalue weighted by Gasteiger charge is -2.35. The van der Waals surface area contributed by atoms with Crippen molar-refractivity contribution in [3.05, 3.63) is 29.3 Å². The number of nitrogens with zero attached hydrogens (tertiary/aromatic N) is 1. The molecule has 0 radical (unpaired) electrons. The minimum atomic E-state index is 0.123. The van der Waals surface area contributed by atoms with Gasteiger partial charge < -0.3 is 10.6 Å². The van der Waals surface area contributed by atoms with Gasteiger partial charge in [-0.2, -0.15) is 0 Å². The topological polar surface area (TPSA) is 46.3 Å². The van der Waals surface area contributed by atoms with E-state index in [2.05, 4.69) is 13.8 Å². The van der Waals surface area contributed by atoms with Crippen LogP contribution in [0.15, 0.2) is 18.2 Å². The quantitative estimate of drug-likeness (QED) is 0.774. The van der Waals surface area contributed by atoms with E-state index in [9.17, 15) is 4.79 Å². The Hall–Kier alpha value is -1.51. The second-order valence-electron chi connectivity index (χ2n) is 5.68. The minimum Gasteiger partial charge on any atom is -0.398 e. The van der Waals surface area contributed by atoms with Crippen molar-refractivity contribution in [1.82, 2.24) is 4.90 Å². The first-order valence-electron chi connectivity index (χ1n) is 6.63. The van der Waals surface area contributed by atoms with E-state index < -0.39 is 0 Å². The molecule has 2 rings (SSSR count). The molecule has 1 aliphatic rings. The first-order valence-corrected chi connectivity index (χ1v) is 6.63. The van der Waals surface area contributed by atoms with Crippen LogP contribution in [0.1, 0.15) is 36.2 Å². The lowest BCUT2D eigenvalue weighted by molar-refractivity contribution is 0.0622. The van der Waals surface area contributed by atoms with Crippen molar-refractivity contribution in [2.45, 2.75) is 27.2 Å². The first-order chi connectivity index (χ1) is 8.49. The Balaban J connectivity index is 2.23. The summed E-state index contributed by atoms with van der Waals surface area (Å²) in [5, 5.41) is 0. The van der Waals surface area contributed by atoms with Gasteiger partial charge in [0.1, 0.15) is 0 Å². The van der Waals surface area contributed by atoms with Gasteiger partial charge in [-0.3, -0.25) is 4.79 Å². The molecule has 2 atom stereocenters. The van der Waals surface area contributed by atoms with Crippen LogP contribution >= 0.6 is 0 Å². The maximum atomic E-state index is 12.5. The van der Waals surface area contributed by atoms with E-state index in [1.165, 1.54) is 6.42 Å². The molecule has 3 heteroatoms. The van der Waals surface area contributed by atoms with Crippen LogP contribution in [-0.2, 0) is 0 Å². The van der Waals surface area contributed by atoms with Gasteiger partial charge in [0.2, 0.25) is 0 Å². The van der Waals surface area contributed by atoms with E-state index in [1.807, 2.05) is 30.0 Å². The monoisotopic (exact) mass is 246 g/mol. The summed E-state index contributed by atoms with van der Waals surface area (Å²) < 4.78 is 0. The summed E-state index contributed by atoms with van der Waals surface area (Å²) in [5.41, 5.74) is 8.21. The van der Waals surface area contributed by atoms with Gasteiger partial charge in [-0.1, -0.05) is 19.9 Å². The Morgan fingerprint density at radius 3 is 2.50 bits per heavy atom. The summed E-state index contributed by atoms with van der Waals surface area (Å²) in [6.45, 7) is 8.05. The number of amides is 1. The maximum Gasteiger partial charge on any atom is 0.254 e. The highest BCUT2D eigenvalue weighted by Crippen LogP contribution is 2.24. The van der Waals surface area contributed by atoms with Gasteiger partial charge in [0.15, 0.2) is 0 Å². The number of nitrogens with two attached hydrogens (primary N) is 1. The SMILES string of the molecule is Cc1c(N)cccc1C(=O)N1C[C@H](C)C[C@H](C)C1. The largest absolute Gasteiger partial charge is 0.398 e. The number of nitrogen functional groups attached to an aromatic ring is 1. The third-order valence-corrected chi connectivity index (χ3v) is 3.76. The average molecular weight is 246 g/mol. The van der Waals surface area contributed by atoms with Gasteiger partial charge in [0, 0.05) is 24.3 Å². The molecule has 1 saturated heterocycles. The van der Waals surface area contributed by atoms with Gasteiger partial charge in [-0.25, -0.2) is 0 Å². The average Bonchev–Trinajstić information content (AvgIpc) is 2.30. The van der Waals surface area contributed by atoms with Crippen molar-refractivity contribution < 1.29 is 4.79 Å². The highest BCUT2D eigenvalue weighted by Gasteiger charge is 2.26. The molecule has 1 aromatic rings. The first kappa shape index (κ1) is 12.9. The van der Waals surface area contributed by atoms with Crippen LogP contribution in [-0.4, -0.2) is 23.9 Å². The van der Waals surface area contributed by atoms with Crippen molar-refractivity contribution in [2.24, 2.45) is 11.8 Å². The summed E-state index contributed by atoms with van der Waals surface area (Å²) in [4.78, 5) is 14.5. The van der Waals surface area contributed by atoms with Crippen molar-refractivity contribution in [3.63, 3.8) is 0 Å². The minimum absolute atomic E-state index is 0.123. The van der Waals surface area contributed by atoms with E-state index in [-0.39, 0.29) is 5.91 Å². The molecule has 2 N–H and O–H groups in total. The van der Waals surface area contributed by atoms with E-state index >= 15 is 0 Å². The maximum absolute atomic E-state index is 12.5. The zero-order valence-electron chi connectivity index (χ0n) is 11.4. The fourth-order valence-electron chi connectivity index (χ4n) is 2.88. The predicted molar refractivity (Wildman–Crippen MR) is 74.4 cm³/mol. The fourth-order valence-corrected chi connectivity index (χ4v) is 2.88. The molecule has 1 amide bonds. The molecule has 3 nitrogen and oxygen atoms in total. The van der Waals surface area contributed by atoms with Gasteiger partial charge in [0.25, 0.3) is 5.91 Å². The molecule has 1 aromatic carbocycles. The lowest BCUT2D eigenvalue weighted by atomic mass is 9.91. The third kappa shape index (κ3) is 2.50. The Kier molecular flexibility index (Phi) is 3.60. The smallest absolute Gasteiger partial charge is 0.254 e. The second kappa shape index (κ2) is 5.01. The van der Waals surface area contributed by atoms with Crippen LogP contribution in [0.25, 0.3) is 0 Å². The molecule has 1 aliphatic heterocycles. The lowest BCUT2D eigenvalue weighted by Crippen LogP contribution is -2.42. The summed E-state index contributed by atoms with van der Waals surface area (Å²) >= 11 is 0. The van der Waals surface area contributed by atoms with Crippen LogP contribution < -0.4 is 5.73 Å². The highest BCUT2D eigenvalue weighted by molar-refractivity contribution is 5.97. The molecular formula is C15H22N2O. The second-order valence-corrected chi connectivity index (χ2v) is 5.68. The highest BCUT2D eigenvalue weighted by atomic mass is 16.2. The molecule has 0 aliphatic carbocycles. The molecule has 0 aromatic heterocycles. The summed E-state index contributed by atoms with van der Waals surface area (Å²) in [6.07, 6.45) is 1.21. The van der Waals surface area contributed by atoms with Gasteiger partial charge in [-0.15, -0.1) is 0 Å². The normalized spacial score (nSPS) is 24.1. The van der Waals surface area contributed by atoms with Crippen LogP contribution in [0, 0.1) is 18.8 Å². The number of anilines is 1. The zero-order chi connectivity index (χ0) is 13.3. The Labute approximate surface area is 109 Å². The number of carbonyl (C=O) groups is 1. The summed E-state index contributed by atoms with van der Waals surface area (Å²) in [7, 11) is 0. The summed E-state index contributed by atoms with van der Waals surface area (Å²) in [6, 6.07) is 5.57. The summed E-state index contributed by atoms with van der Waals surface area (Å²) in [5.74, 6) is 1.29. The number of piperidine rings is 1. The number of carbonyl (C=O) groups excluding carboxylic acids is 1. The van der Waals surface area contributed by atoms with Crippen molar-refractivity contribution in [2.75, 3.05) is 18.8 Å². The van der Waals surface area contributed by atoms with E-state index in [1.54, 1.807) is 0 Å². The Bertz CT molecular complexity index is 446. The van der Waals surface area contributed by atoms with Gasteiger partial charge >= 0.3 is 0 Å². The van der Waals surface area contributed by atoms with E-state index in [0.717, 1.165) is 24.2 Å². The molecular weight excluding hydrogens is 224 g/mol. The Morgan fingerprint density at radius 2 is 1.89 bits per heavy atom. The molecule has 1 fully saturated rings. The van der Waals surface area contributed by atoms with Gasteiger partial charge in [-0.05, 0) is 42.9 Å². The molecule has 0 bridgehead atoms. The predicted octanol–water partition coefficient (Wildman–Crippen LogP) is 2.70. The number of likely N-dealkylation sites (tertiary alicyclic amines) is 1. The molecule has 0 saturated carbocycles. The van der Waals surface area contributed by atoms with Crippen molar-refractivity contribution in [3.8, 4) is 0 Å². The number of rotatable bonds is 1. The molecule has 18 heavy (non-hydrogen) atoms. The van der Waals surface area contributed by atoms with Gasteiger partial charge in [0.05, 0.1) is 0 Å². The zero-order valence-corrected chi connectivity index (χ0v) is 11.4. The molecule has 0 spiro atoms. The van der Waals surface area contributed by atoms with Crippen molar-refractivity contribution in [1.29, 1.82) is 0 Å². The third-order valence-electron chi connectivity index (χ3n) is 3.76. The van der Waals surface area contributed by atoms with Crippen LogP contribution in [0.2, 0.25) is 0 Å². The van der Waals surface area contributed by atoms with Crippen molar-refractivity contribution >= 4 is 11.6 Å². The number of hydrogen-bond acceptors (Lipinski definition) is 2. The van der Waals surface area contributed by atoms with Crippen LogP contribution in [0.5, 0.6) is 0 Å². The number of hydrogen-bond donors (Lipinski definition) is 1. The van der Waals surface area contributed by atoms with Crippen LogP contribution in [0.3, 0.4) is 0 Å². The molecule has 0 unspecified atom stereocenters. The van der Waals surface area contributed by atoms with E-state index in [4.69, 9.17) is 5.73 Å². The van der Waals surface area contributed by atoms with Crippen LogP contribution in [0.4, 0.5) is 5.69 Å². The fraction of sp³-hybridized carbons (Fsp3) is 0.533. The molecule has 1 heterocycles. The number of benzene rings is 1. The van der Waals surface area contributed by atoms with E-state index in [0.29, 0.717) is 17.5 Å².